The predicted molar refractivity (Wildman–Crippen MR) is 116 cm³/mol. The van der Waals surface area contributed by atoms with Crippen LogP contribution in [0.5, 0.6) is 0 Å². The van der Waals surface area contributed by atoms with Crippen LogP contribution in [0.4, 0.5) is 0 Å². The largest absolute Gasteiger partial charge is 0.465 e. The van der Waals surface area contributed by atoms with E-state index in [-0.39, 0.29) is 0 Å². The minimum absolute atomic E-state index is 0.584. The molecule has 0 aliphatic heterocycles. The van der Waals surface area contributed by atoms with E-state index in [2.05, 4.69) is 18.1 Å². The first-order chi connectivity index (χ1) is 14.0. The van der Waals surface area contributed by atoms with Gasteiger partial charge in [0.2, 0.25) is 0 Å². The van der Waals surface area contributed by atoms with Crippen LogP contribution in [0, 0.1) is 6.92 Å². The van der Waals surface area contributed by atoms with E-state index >= 15 is 0 Å². The van der Waals surface area contributed by atoms with Crippen LogP contribution in [0.15, 0.2) is 58.4 Å². The number of rotatable bonds is 15. The van der Waals surface area contributed by atoms with Gasteiger partial charge in [-0.05, 0) is 63.3 Å². The van der Waals surface area contributed by atoms with E-state index < -0.39 is 5.60 Å². The summed E-state index contributed by atoms with van der Waals surface area (Å²) in [7, 11) is 1.71. The number of nitrogens with zero attached hydrogens (tertiary/aromatic N) is 1. The van der Waals surface area contributed by atoms with Crippen molar-refractivity contribution in [3.05, 3.63) is 72.6 Å². The molecule has 0 spiro atoms. The number of hydrogen-bond donors (Lipinski definition) is 1. The van der Waals surface area contributed by atoms with Crippen LogP contribution >= 0.6 is 0 Å². The van der Waals surface area contributed by atoms with E-state index in [1.165, 1.54) is 0 Å². The Kier molecular flexibility index (Phi) is 9.45. The fourth-order valence-electron chi connectivity index (χ4n) is 3.42. The Labute approximate surface area is 174 Å². The molecule has 0 amide bonds. The Hall–Kier alpha value is -2.08. The average Bonchev–Trinajstić information content (AvgIpc) is 3.34. The summed E-state index contributed by atoms with van der Waals surface area (Å²) in [4.78, 5) is 2.27. The number of aliphatic hydroxyl groups is 1. The summed E-state index contributed by atoms with van der Waals surface area (Å²) in [6.45, 7) is 12.4. The highest BCUT2D eigenvalue weighted by Gasteiger charge is 2.31. The molecule has 0 atom stereocenters. The van der Waals surface area contributed by atoms with Crippen LogP contribution in [0.2, 0.25) is 0 Å². The maximum Gasteiger partial charge on any atom is 0.135 e. The molecule has 0 aromatic carbocycles. The summed E-state index contributed by atoms with van der Waals surface area (Å²) in [6.07, 6.45) is 7.19. The number of furan rings is 2. The van der Waals surface area contributed by atoms with Gasteiger partial charge in [0, 0.05) is 20.3 Å². The van der Waals surface area contributed by atoms with Crippen LogP contribution in [-0.2, 0) is 23.4 Å². The van der Waals surface area contributed by atoms with Gasteiger partial charge in [0.1, 0.15) is 28.6 Å². The number of methoxy groups -OCH3 is 1. The van der Waals surface area contributed by atoms with Crippen molar-refractivity contribution in [3.63, 3.8) is 0 Å². The lowest BCUT2D eigenvalue weighted by molar-refractivity contribution is -0.00221. The second kappa shape index (κ2) is 11.8. The van der Waals surface area contributed by atoms with Gasteiger partial charge in [-0.3, -0.25) is 4.90 Å². The minimum atomic E-state index is -1.00. The average molecular weight is 402 g/mol. The zero-order chi connectivity index (χ0) is 21.1. The lowest BCUT2D eigenvalue weighted by Crippen LogP contribution is -2.25. The monoisotopic (exact) mass is 401 g/mol. The van der Waals surface area contributed by atoms with Gasteiger partial charge in [0.25, 0.3) is 0 Å². The quantitative estimate of drug-likeness (QED) is 0.322. The van der Waals surface area contributed by atoms with E-state index in [0.29, 0.717) is 38.3 Å². The van der Waals surface area contributed by atoms with Gasteiger partial charge in [-0.1, -0.05) is 12.2 Å². The standard InChI is InChI=1S/C24H35NO4/c1-5-7-14-24(26,15-8-6-2)23-13-12-22(29-23)19-25(16-9-17-27-4)18-21-11-10-20(3)28-21/h5-6,10-13,26H,1-2,7-9,14-19H2,3-4H3. The molecule has 5 heteroatoms. The Morgan fingerprint density at radius 1 is 1.03 bits per heavy atom. The van der Waals surface area contributed by atoms with Crippen LogP contribution < -0.4 is 0 Å². The smallest absolute Gasteiger partial charge is 0.135 e. The molecule has 0 radical (unpaired) electrons. The molecule has 29 heavy (non-hydrogen) atoms. The first kappa shape index (κ1) is 23.2. The van der Waals surface area contributed by atoms with Crippen LogP contribution in [0.3, 0.4) is 0 Å². The fraction of sp³-hybridized carbons (Fsp3) is 0.500. The molecule has 0 unspecified atom stereocenters. The SMILES string of the molecule is C=CCCC(O)(CCC=C)c1ccc(CN(CCCOC)Cc2ccc(C)o2)o1. The Morgan fingerprint density at radius 3 is 2.21 bits per heavy atom. The molecule has 0 aliphatic carbocycles. The zero-order valence-electron chi connectivity index (χ0n) is 17.9. The molecule has 2 aromatic heterocycles. The van der Waals surface area contributed by atoms with Crippen molar-refractivity contribution in [3.8, 4) is 0 Å². The van der Waals surface area contributed by atoms with Crippen LogP contribution in [0.1, 0.15) is 55.1 Å². The summed E-state index contributed by atoms with van der Waals surface area (Å²) in [5.41, 5.74) is -1.00. The van der Waals surface area contributed by atoms with Crippen molar-refractivity contribution in [1.82, 2.24) is 4.90 Å². The van der Waals surface area contributed by atoms with Crippen molar-refractivity contribution in [2.75, 3.05) is 20.3 Å². The van der Waals surface area contributed by atoms with Crippen molar-refractivity contribution in [1.29, 1.82) is 0 Å². The van der Waals surface area contributed by atoms with Gasteiger partial charge in [-0.25, -0.2) is 0 Å². The molecule has 0 saturated heterocycles. The van der Waals surface area contributed by atoms with Crippen molar-refractivity contribution < 1.29 is 18.7 Å². The summed E-state index contributed by atoms with van der Waals surface area (Å²) < 4.78 is 17.0. The normalized spacial score (nSPS) is 11.9. The second-order valence-electron chi connectivity index (χ2n) is 7.52. The molecule has 2 aromatic rings. The van der Waals surface area contributed by atoms with E-state index in [1.54, 1.807) is 7.11 Å². The zero-order valence-corrected chi connectivity index (χ0v) is 17.9. The molecule has 0 aliphatic rings. The number of hydrogen-bond acceptors (Lipinski definition) is 5. The topological polar surface area (TPSA) is 59.0 Å². The highest BCUT2D eigenvalue weighted by atomic mass is 16.5. The first-order valence-corrected chi connectivity index (χ1v) is 10.3. The molecule has 0 saturated carbocycles. The van der Waals surface area contributed by atoms with E-state index in [0.717, 1.165) is 43.1 Å². The molecule has 0 fully saturated rings. The van der Waals surface area contributed by atoms with Gasteiger partial charge < -0.3 is 18.7 Å². The summed E-state index contributed by atoms with van der Waals surface area (Å²) in [5, 5.41) is 11.2. The van der Waals surface area contributed by atoms with Gasteiger partial charge in [-0.15, -0.1) is 13.2 Å². The molecule has 2 heterocycles. The van der Waals surface area contributed by atoms with Crippen molar-refractivity contribution in [2.45, 2.75) is 57.7 Å². The molecular weight excluding hydrogens is 366 g/mol. The van der Waals surface area contributed by atoms with Crippen molar-refractivity contribution >= 4 is 0 Å². The second-order valence-corrected chi connectivity index (χ2v) is 7.52. The number of ether oxygens (including phenoxy) is 1. The lowest BCUT2D eigenvalue weighted by Gasteiger charge is -2.25. The molecule has 0 bridgehead atoms. The maximum atomic E-state index is 11.2. The molecule has 160 valence electrons. The molecule has 5 nitrogen and oxygen atoms in total. The van der Waals surface area contributed by atoms with E-state index in [1.807, 2.05) is 43.3 Å². The lowest BCUT2D eigenvalue weighted by atomic mass is 9.89. The molecule has 2 rings (SSSR count). The summed E-state index contributed by atoms with van der Waals surface area (Å²) in [6, 6.07) is 7.84. The van der Waals surface area contributed by atoms with Gasteiger partial charge in [0.05, 0.1) is 13.1 Å². The van der Waals surface area contributed by atoms with Crippen LogP contribution in [-0.4, -0.2) is 30.3 Å². The van der Waals surface area contributed by atoms with Gasteiger partial charge in [-0.2, -0.15) is 0 Å². The van der Waals surface area contributed by atoms with Crippen molar-refractivity contribution in [2.24, 2.45) is 0 Å². The third-order valence-electron chi connectivity index (χ3n) is 5.02. The maximum absolute atomic E-state index is 11.2. The fourth-order valence-corrected chi connectivity index (χ4v) is 3.42. The summed E-state index contributed by atoms with van der Waals surface area (Å²) in [5.74, 6) is 3.28. The first-order valence-electron chi connectivity index (χ1n) is 10.3. The molecular formula is C24H35NO4. The van der Waals surface area contributed by atoms with Gasteiger partial charge >= 0.3 is 0 Å². The summed E-state index contributed by atoms with van der Waals surface area (Å²) >= 11 is 0. The van der Waals surface area contributed by atoms with Gasteiger partial charge in [0.15, 0.2) is 0 Å². The Morgan fingerprint density at radius 2 is 1.66 bits per heavy atom. The predicted octanol–water partition coefficient (Wildman–Crippen LogP) is 5.34. The Balaban J connectivity index is 2.10. The third kappa shape index (κ3) is 7.35. The van der Waals surface area contributed by atoms with E-state index in [4.69, 9.17) is 13.6 Å². The number of allylic oxidation sites excluding steroid dienone is 2. The molecule has 1 N–H and O–H groups in total. The van der Waals surface area contributed by atoms with E-state index in [9.17, 15) is 5.11 Å². The Bertz CT molecular complexity index is 734. The third-order valence-corrected chi connectivity index (χ3v) is 5.02. The minimum Gasteiger partial charge on any atom is -0.465 e. The highest BCUT2D eigenvalue weighted by Crippen LogP contribution is 2.33. The number of aryl methyl sites for hydroxylation is 1. The van der Waals surface area contributed by atoms with Crippen LogP contribution in [0.25, 0.3) is 0 Å². The highest BCUT2D eigenvalue weighted by molar-refractivity contribution is 5.15.